The second-order valence-electron chi connectivity index (χ2n) is 5.74. The predicted octanol–water partition coefficient (Wildman–Crippen LogP) is 2.56. The highest BCUT2D eigenvalue weighted by Crippen LogP contribution is 2.36. The molecule has 1 aliphatic carbocycles. The first-order valence-electron chi connectivity index (χ1n) is 7.24. The fourth-order valence-corrected chi connectivity index (χ4v) is 2.89. The van der Waals surface area contributed by atoms with Crippen LogP contribution in [0.1, 0.15) is 33.5 Å². The zero-order valence-electron chi connectivity index (χ0n) is 12.1. The van der Waals surface area contributed by atoms with Crippen LogP contribution in [0, 0.1) is 6.92 Å². The molecule has 2 aromatic carbocycles. The third kappa shape index (κ3) is 2.69. The standard InChI is InChI=1S/C18H19NO2/c1-13-6-8-15(9-7-13)17(20)19-12-18(21)11-10-14-4-2-3-5-16(14)18/h2-9,21H,10-12H2,1H3,(H,19,20). The second kappa shape index (κ2) is 5.34. The van der Waals surface area contributed by atoms with E-state index in [1.54, 1.807) is 12.1 Å². The number of carbonyl (C=O) groups excluding carboxylic acids is 1. The van der Waals surface area contributed by atoms with Crippen LogP contribution in [-0.2, 0) is 12.0 Å². The first-order valence-corrected chi connectivity index (χ1v) is 7.24. The van der Waals surface area contributed by atoms with Gasteiger partial charge in [-0.25, -0.2) is 0 Å². The number of benzene rings is 2. The van der Waals surface area contributed by atoms with Crippen molar-refractivity contribution in [3.63, 3.8) is 0 Å². The van der Waals surface area contributed by atoms with Crippen LogP contribution in [0.2, 0.25) is 0 Å². The number of nitrogens with one attached hydrogen (secondary N) is 1. The van der Waals surface area contributed by atoms with Crippen LogP contribution in [0.15, 0.2) is 48.5 Å². The summed E-state index contributed by atoms with van der Waals surface area (Å²) in [4.78, 5) is 12.1. The number of amides is 1. The van der Waals surface area contributed by atoms with Crippen LogP contribution in [-0.4, -0.2) is 17.6 Å². The largest absolute Gasteiger partial charge is 0.383 e. The van der Waals surface area contributed by atoms with Gasteiger partial charge in [0.25, 0.3) is 5.91 Å². The van der Waals surface area contributed by atoms with Crippen molar-refractivity contribution in [3.8, 4) is 0 Å². The van der Waals surface area contributed by atoms with Gasteiger partial charge in [0.2, 0.25) is 0 Å². The van der Waals surface area contributed by atoms with E-state index in [0.29, 0.717) is 12.0 Å². The molecule has 2 N–H and O–H groups in total. The normalized spacial score (nSPS) is 20.1. The number of hydrogen-bond acceptors (Lipinski definition) is 2. The van der Waals surface area contributed by atoms with Crippen LogP contribution < -0.4 is 5.32 Å². The Morgan fingerprint density at radius 2 is 1.90 bits per heavy atom. The summed E-state index contributed by atoms with van der Waals surface area (Å²) in [5.74, 6) is -0.146. The number of fused-ring (bicyclic) bond motifs is 1. The molecule has 21 heavy (non-hydrogen) atoms. The molecule has 0 heterocycles. The summed E-state index contributed by atoms with van der Waals surface area (Å²) < 4.78 is 0. The monoisotopic (exact) mass is 281 g/mol. The van der Waals surface area contributed by atoms with Crippen molar-refractivity contribution in [2.24, 2.45) is 0 Å². The van der Waals surface area contributed by atoms with Gasteiger partial charge in [-0.05, 0) is 43.0 Å². The van der Waals surface area contributed by atoms with E-state index in [0.717, 1.165) is 17.5 Å². The first kappa shape index (κ1) is 13.8. The van der Waals surface area contributed by atoms with Crippen molar-refractivity contribution in [2.75, 3.05) is 6.54 Å². The maximum atomic E-state index is 12.1. The zero-order chi connectivity index (χ0) is 14.9. The molecular weight excluding hydrogens is 262 g/mol. The quantitative estimate of drug-likeness (QED) is 0.908. The van der Waals surface area contributed by atoms with Crippen molar-refractivity contribution in [2.45, 2.75) is 25.4 Å². The van der Waals surface area contributed by atoms with Gasteiger partial charge in [-0.3, -0.25) is 4.79 Å². The van der Waals surface area contributed by atoms with Crippen LogP contribution >= 0.6 is 0 Å². The van der Waals surface area contributed by atoms with E-state index in [-0.39, 0.29) is 12.5 Å². The Bertz CT molecular complexity index is 663. The number of carbonyl (C=O) groups is 1. The van der Waals surface area contributed by atoms with E-state index in [1.807, 2.05) is 43.3 Å². The Kier molecular flexibility index (Phi) is 3.52. The molecule has 1 unspecified atom stereocenters. The van der Waals surface area contributed by atoms with Crippen LogP contribution in [0.4, 0.5) is 0 Å². The van der Waals surface area contributed by atoms with E-state index >= 15 is 0 Å². The average molecular weight is 281 g/mol. The summed E-state index contributed by atoms with van der Waals surface area (Å²) >= 11 is 0. The molecule has 108 valence electrons. The molecule has 3 rings (SSSR count). The van der Waals surface area contributed by atoms with Gasteiger partial charge >= 0.3 is 0 Å². The summed E-state index contributed by atoms with van der Waals surface area (Å²) in [5.41, 5.74) is 2.90. The van der Waals surface area contributed by atoms with Gasteiger partial charge in [-0.2, -0.15) is 0 Å². The number of aryl methyl sites for hydroxylation is 2. The average Bonchev–Trinajstić information content (AvgIpc) is 2.84. The molecule has 2 aromatic rings. The maximum Gasteiger partial charge on any atom is 0.251 e. The van der Waals surface area contributed by atoms with Crippen molar-refractivity contribution in [3.05, 3.63) is 70.8 Å². The molecule has 0 aromatic heterocycles. The van der Waals surface area contributed by atoms with Crippen molar-refractivity contribution < 1.29 is 9.90 Å². The summed E-state index contributed by atoms with van der Waals surface area (Å²) in [6.45, 7) is 2.23. The second-order valence-corrected chi connectivity index (χ2v) is 5.74. The van der Waals surface area contributed by atoms with Gasteiger partial charge in [0.1, 0.15) is 5.60 Å². The molecule has 1 aliphatic rings. The Hall–Kier alpha value is -2.13. The molecule has 0 aliphatic heterocycles. The summed E-state index contributed by atoms with van der Waals surface area (Å²) in [5, 5.41) is 13.6. The number of aliphatic hydroxyl groups is 1. The van der Waals surface area contributed by atoms with Crippen LogP contribution in [0.25, 0.3) is 0 Å². The lowest BCUT2D eigenvalue weighted by Crippen LogP contribution is -2.39. The summed E-state index contributed by atoms with van der Waals surface area (Å²) in [6, 6.07) is 15.3. The van der Waals surface area contributed by atoms with Gasteiger partial charge in [0, 0.05) is 5.56 Å². The Balaban J connectivity index is 1.71. The lowest BCUT2D eigenvalue weighted by molar-refractivity contribution is 0.0369. The molecule has 0 saturated heterocycles. The highest BCUT2D eigenvalue weighted by Gasteiger charge is 2.36. The molecule has 3 nitrogen and oxygen atoms in total. The van der Waals surface area contributed by atoms with Gasteiger partial charge < -0.3 is 10.4 Å². The molecule has 0 radical (unpaired) electrons. The van der Waals surface area contributed by atoms with E-state index in [9.17, 15) is 9.90 Å². The third-order valence-electron chi connectivity index (χ3n) is 4.18. The predicted molar refractivity (Wildman–Crippen MR) is 82.2 cm³/mol. The third-order valence-corrected chi connectivity index (χ3v) is 4.18. The van der Waals surface area contributed by atoms with E-state index in [2.05, 4.69) is 5.32 Å². The van der Waals surface area contributed by atoms with Crippen molar-refractivity contribution in [1.29, 1.82) is 0 Å². The minimum atomic E-state index is -0.947. The highest BCUT2D eigenvalue weighted by atomic mass is 16.3. The van der Waals surface area contributed by atoms with Crippen LogP contribution in [0.3, 0.4) is 0 Å². The Morgan fingerprint density at radius 3 is 2.67 bits per heavy atom. The zero-order valence-corrected chi connectivity index (χ0v) is 12.1. The Morgan fingerprint density at radius 1 is 1.19 bits per heavy atom. The fraction of sp³-hybridized carbons (Fsp3) is 0.278. The fourth-order valence-electron chi connectivity index (χ4n) is 2.89. The SMILES string of the molecule is Cc1ccc(C(=O)NCC2(O)CCc3ccccc32)cc1. The first-order chi connectivity index (χ1) is 10.1. The molecular formula is C18H19NO2. The minimum absolute atomic E-state index is 0.146. The van der Waals surface area contributed by atoms with Crippen LogP contribution in [0.5, 0.6) is 0 Å². The number of hydrogen-bond donors (Lipinski definition) is 2. The van der Waals surface area contributed by atoms with Gasteiger partial charge in [-0.1, -0.05) is 42.0 Å². The van der Waals surface area contributed by atoms with Crippen molar-refractivity contribution in [1.82, 2.24) is 5.32 Å². The summed E-state index contributed by atoms with van der Waals surface area (Å²) in [7, 11) is 0. The lowest BCUT2D eigenvalue weighted by Gasteiger charge is -2.24. The topological polar surface area (TPSA) is 49.3 Å². The van der Waals surface area contributed by atoms with Crippen molar-refractivity contribution >= 4 is 5.91 Å². The molecule has 3 heteroatoms. The molecule has 0 saturated carbocycles. The van der Waals surface area contributed by atoms with E-state index in [4.69, 9.17) is 0 Å². The maximum absolute atomic E-state index is 12.1. The van der Waals surface area contributed by atoms with Gasteiger partial charge in [0.05, 0.1) is 6.54 Å². The summed E-state index contributed by atoms with van der Waals surface area (Å²) in [6.07, 6.45) is 1.51. The van der Waals surface area contributed by atoms with E-state index < -0.39 is 5.60 Å². The molecule has 0 bridgehead atoms. The van der Waals surface area contributed by atoms with Gasteiger partial charge in [-0.15, -0.1) is 0 Å². The smallest absolute Gasteiger partial charge is 0.251 e. The molecule has 1 atom stereocenters. The Labute approximate surface area is 124 Å². The van der Waals surface area contributed by atoms with E-state index in [1.165, 1.54) is 5.56 Å². The number of rotatable bonds is 3. The molecule has 0 fully saturated rings. The lowest BCUT2D eigenvalue weighted by atomic mass is 9.96. The molecule has 1 amide bonds. The molecule has 0 spiro atoms. The van der Waals surface area contributed by atoms with Gasteiger partial charge in [0.15, 0.2) is 0 Å². The highest BCUT2D eigenvalue weighted by molar-refractivity contribution is 5.94. The minimum Gasteiger partial charge on any atom is -0.383 e.